The van der Waals surface area contributed by atoms with E-state index in [0.29, 0.717) is 13.0 Å². The van der Waals surface area contributed by atoms with Gasteiger partial charge in [0.1, 0.15) is 0 Å². The smallest absolute Gasteiger partial charge is 0.225 e. The molecule has 0 atom stereocenters. The molecule has 0 spiro atoms. The number of pyridine rings is 1. The highest BCUT2D eigenvalue weighted by Crippen LogP contribution is 2.12. The molecule has 2 rings (SSSR count). The molecule has 0 aromatic carbocycles. The lowest BCUT2D eigenvalue weighted by Crippen LogP contribution is -2.49. The summed E-state index contributed by atoms with van der Waals surface area (Å²) in [6.45, 7) is 10.0. The topological polar surface area (TPSA) is 65.5 Å². The second-order valence-corrected chi connectivity index (χ2v) is 7.23. The molecule has 0 aliphatic carbocycles. The Morgan fingerprint density at radius 3 is 2.46 bits per heavy atom. The third-order valence-electron chi connectivity index (χ3n) is 4.14. The average Bonchev–Trinajstić information content (AvgIpc) is 2.55. The number of carbonyl (C=O) groups excluding carboxylic acids is 2. The largest absolute Gasteiger partial charge is 0.355 e. The Kier molecular flexibility index (Phi) is 6.31. The number of rotatable bonds is 5. The van der Waals surface area contributed by atoms with Crippen molar-refractivity contribution in [3.63, 3.8) is 0 Å². The first-order chi connectivity index (χ1) is 11.4. The number of piperazine rings is 1. The van der Waals surface area contributed by atoms with E-state index in [1.54, 1.807) is 6.20 Å². The van der Waals surface area contributed by atoms with E-state index in [1.165, 1.54) is 0 Å². The summed E-state index contributed by atoms with van der Waals surface area (Å²) in [5, 5.41) is 2.83. The van der Waals surface area contributed by atoms with Gasteiger partial charge in [-0.2, -0.15) is 0 Å². The second kappa shape index (κ2) is 8.24. The minimum absolute atomic E-state index is 0.0181. The van der Waals surface area contributed by atoms with E-state index in [4.69, 9.17) is 0 Å². The predicted octanol–water partition coefficient (Wildman–Crippen LogP) is 1.28. The minimum atomic E-state index is -0.417. The molecule has 1 saturated heterocycles. The van der Waals surface area contributed by atoms with Crippen LogP contribution in [0.3, 0.4) is 0 Å². The van der Waals surface area contributed by atoms with Crippen LogP contribution < -0.4 is 5.32 Å². The fourth-order valence-corrected chi connectivity index (χ4v) is 2.58. The standard InChI is InChI=1S/C18H28N4O2/c1-18(2,3)17(24)20-9-7-16(23)22-12-10-21(11-13-22)14-15-6-4-5-8-19-15/h4-6,8H,7,9-14H2,1-3H3,(H,20,24). The number of nitrogens with zero attached hydrogens (tertiary/aromatic N) is 3. The molecule has 1 fully saturated rings. The van der Waals surface area contributed by atoms with Crippen molar-refractivity contribution in [3.8, 4) is 0 Å². The van der Waals surface area contributed by atoms with Gasteiger partial charge in [0.15, 0.2) is 0 Å². The Balaban J connectivity index is 1.68. The van der Waals surface area contributed by atoms with Gasteiger partial charge in [0.25, 0.3) is 0 Å². The Labute approximate surface area is 144 Å². The van der Waals surface area contributed by atoms with E-state index in [1.807, 2.05) is 43.9 Å². The maximum Gasteiger partial charge on any atom is 0.225 e. The lowest BCUT2D eigenvalue weighted by molar-refractivity contribution is -0.133. The molecule has 0 radical (unpaired) electrons. The fraction of sp³-hybridized carbons (Fsp3) is 0.611. The summed E-state index contributed by atoms with van der Waals surface area (Å²) in [5.41, 5.74) is 0.641. The van der Waals surface area contributed by atoms with Gasteiger partial charge in [0, 0.05) is 57.3 Å². The normalized spacial score (nSPS) is 16.0. The highest BCUT2D eigenvalue weighted by molar-refractivity contribution is 5.82. The Morgan fingerprint density at radius 1 is 1.17 bits per heavy atom. The lowest BCUT2D eigenvalue weighted by atomic mass is 9.96. The van der Waals surface area contributed by atoms with Crippen LogP contribution in [0.4, 0.5) is 0 Å². The maximum atomic E-state index is 12.2. The van der Waals surface area contributed by atoms with Gasteiger partial charge < -0.3 is 10.2 Å². The van der Waals surface area contributed by atoms with Crippen LogP contribution in [0.15, 0.2) is 24.4 Å². The summed E-state index contributed by atoms with van der Waals surface area (Å²) in [7, 11) is 0. The number of carbonyl (C=O) groups is 2. The van der Waals surface area contributed by atoms with Crippen molar-refractivity contribution in [2.75, 3.05) is 32.7 Å². The third kappa shape index (κ3) is 5.60. The van der Waals surface area contributed by atoms with Gasteiger partial charge in [-0.25, -0.2) is 0 Å². The SMILES string of the molecule is CC(C)(C)C(=O)NCCC(=O)N1CCN(Cc2ccccn2)CC1. The van der Waals surface area contributed by atoms with Crippen LogP contribution in [-0.4, -0.2) is 59.3 Å². The number of nitrogens with one attached hydrogen (secondary N) is 1. The molecular formula is C18H28N4O2. The first-order valence-corrected chi connectivity index (χ1v) is 8.54. The van der Waals surface area contributed by atoms with Crippen LogP contribution in [-0.2, 0) is 16.1 Å². The van der Waals surface area contributed by atoms with Crippen LogP contribution in [0.1, 0.15) is 32.9 Å². The second-order valence-electron chi connectivity index (χ2n) is 7.23. The molecule has 1 aromatic rings. The number of hydrogen-bond acceptors (Lipinski definition) is 4. The third-order valence-corrected chi connectivity index (χ3v) is 4.14. The van der Waals surface area contributed by atoms with Crippen molar-refractivity contribution in [1.29, 1.82) is 0 Å². The summed E-state index contributed by atoms with van der Waals surface area (Å²) in [6.07, 6.45) is 2.17. The molecule has 1 aliphatic rings. The molecule has 24 heavy (non-hydrogen) atoms. The van der Waals surface area contributed by atoms with Gasteiger partial charge >= 0.3 is 0 Å². The zero-order valence-electron chi connectivity index (χ0n) is 14.9. The fourth-order valence-electron chi connectivity index (χ4n) is 2.58. The van der Waals surface area contributed by atoms with E-state index >= 15 is 0 Å². The molecule has 0 bridgehead atoms. The highest BCUT2D eigenvalue weighted by atomic mass is 16.2. The van der Waals surface area contributed by atoms with E-state index < -0.39 is 5.41 Å². The van der Waals surface area contributed by atoms with E-state index in [0.717, 1.165) is 38.4 Å². The van der Waals surface area contributed by atoms with Crippen LogP contribution in [0.2, 0.25) is 0 Å². The predicted molar refractivity (Wildman–Crippen MR) is 93.2 cm³/mol. The average molecular weight is 332 g/mol. The number of aromatic nitrogens is 1. The summed E-state index contributed by atoms with van der Waals surface area (Å²) in [4.78, 5) is 32.6. The molecule has 6 nitrogen and oxygen atoms in total. The van der Waals surface area contributed by atoms with E-state index in [2.05, 4.69) is 15.2 Å². The highest BCUT2D eigenvalue weighted by Gasteiger charge is 2.23. The van der Waals surface area contributed by atoms with E-state index in [-0.39, 0.29) is 11.8 Å². The number of hydrogen-bond donors (Lipinski definition) is 1. The number of amides is 2. The van der Waals surface area contributed by atoms with Crippen LogP contribution in [0.5, 0.6) is 0 Å². The molecule has 1 N–H and O–H groups in total. The Bertz CT molecular complexity index is 546. The van der Waals surface area contributed by atoms with Crippen molar-refractivity contribution in [1.82, 2.24) is 20.1 Å². The molecule has 0 saturated carbocycles. The summed E-state index contributed by atoms with van der Waals surface area (Å²) in [6, 6.07) is 5.93. The Hall–Kier alpha value is -1.95. The maximum absolute atomic E-state index is 12.2. The van der Waals surface area contributed by atoms with E-state index in [9.17, 15) is 9.59 Å². The lowest BCUT2D eigenvalue weighted by Gasteiger charge is -2.34. The first kappa shape index (κ1) is 18.4. The molecule has 0 unspecified atom stereocenters. The van der Waals surface area contributed by atoms with Crippen molar-refractivity contribution in [2.45, 2.75) is 33.7 Å². The molecule has 1 aromatic heterocycles. The van der Waals surface area contributed by atoms with Crippen molar-refractivity contribution in [3.05, 3.63) is 30.1 Å². The minimum Gasteiger partial charge on any atom is -0.355 e. The summed E-state index contributed by atoms with van der Waals surface area (Å²) in [5.74, 6) is 0.0946. The quantitative estimate of drug-likeness (QED) is 0.882. The summed E-state index contributed by atoms with van der Waals surface area (Å²) >= 11 is 0. The van der Waals surface area contributed by atoms with Crippen LogP contribution in [0.25, 0.3) is 0 Å². The van der Waals surface area contributed by atoms with Crippen molar-refractivity contribution >= 4 is 11.8 Å². The Morgan fingerprint density at radius 2 is 1.88 bits per heavy atom. The van der Waals surface area contributed by atoms with Gasteiger partial charge in [0.05, 0.1) is 5.69 Å². The monoisotopic (exact) mass is 332 g/mol. The molecule has 6 heteroatoms. The van der Waals surface area contributed by atoms with Crippen LogP contribution in [0, 0.1) is 5.41 Å². The van der Waals surface area contributed by atoms with Crippen molar-refractivity contribution < 1.29 is 9.59 Å². The first-order valence-electron chi connectivity index (χ1n) is 8.54. The van der Waals surface area contributed by atoms with Gasteiger partial charge in [-0.1, -0.05) is 26.8 Å². The van der Waals surface area contributed by atoms with Crippen LogP contribution >= 0.6 is 0 Å². The molecular weight excluding hydrogens is 304 g/mol. The molecule has 132 valence electrons. The molecule has 2 heterocycles. The zero-order valence-corrected chi connectivity index (χ0v) is 14.9. The zero-order chi connectivity index (χ0) is 17.6. The molecule has 1 aliphatic heterocycles. The van der Waals surface area contributed by atoms with Gasteiger partial charge in [-0.15, -0.1) is 0 Å². The van der Waals surface area contributed by atoms with Gasteiger partial charge in [-0.05, 0) is 12.1 Å². The summed E-state index contributed by atoms with van der Waals surface area (Å²) < 4.78 is 0. The van der Waals surface area contributed by atoms with Gasteiger partial charge in [-0.3, -0.25) is 19.5 Å². The van der Waals surface area contributed by atoms with Crippen molar-refractivity contribution in [2.24, 2.45) is 5.41 Å². The molecule has 2 amide bonds. The van der Waals surface area contributed by atoms with Gasteiger partial charge in [0.2, 0.25) is 11.8 Å².